The molecule has 1 unspecified atom stereocenters. The van der Waals surface area contributed by atoms with Crippen molar-refractivity contribution >= 4 is 17.6 Å². The molecule has 144 valence electrons. The van der Waals surface area contributed by atoms with Gasteiger partial charge < -0.3 is 15.1 Å². The maximum atomic E-state index is 12.2. The minimum atomic E-state index is -0.0728. The van der Waals surface area contributed by atoms with Crippen molar-refractivity contribution in [3.05, 3.63) is 23.9 Å². The van der Waals surface area contributed by atoms with Crippen molar-refractivity contribution < 1.29 is 9.59 Å². The van der Waals surface area contributed by atoms with Crippen molar-refractivity contribution in [2.75, 3.05) is 31.1 Å². The Morgan fingerprint density at radius 2 is 1.88 bits per heavy atom. The van der Waals surface area contributed by atoms with Crippen molar-refractivity contribution in [2.24, 2.45) is 0 Å². The molecule has 1 N–H and O–H groups in total. The molecule has 1 aromatic heterocycles. The third-order valence-electron chi connectivity index (χ3n) is 4.81. The molecule has 1 aromatic rings. The second-order valence-electron chi connectivity index (χ2n) is 7.04. The molecular formula is C20H32N4O2. The smallest absolute Gasteiger partial charge is 0.253 e. The largest absolute Gasteiger partial charge is 0.353 e. The van der Waals surface area contributed by atoms with Crippen LogP contribution in [0.3, 0.4) is 0 Å². The van der Waals surface area contributed by atoms with Crippen LogP contribution < -0.4 is 10.2 Å². The van der Waals surface area contributed by atoms with Crippen molar-refractivity contribution in [3.8, 4) is 0 Å². The molecule has 6 heteroatoms. The van der Waals surface area contributed by atoms with Gasteiger partial charge in [0, 0.05) is 44.8 Å². The molecule has 1 atom stereocenters. The lowest BCUT2D eigenvalue weighted by molar-refractivity contribution is -0.131. The third-order valence-corrected chi connectivity index (χ3v) is 4.81. The van der Waals surface area contributed by atoms with Gasteiger partial charge in [-0.3, -0.25) is 9.59 Å². The highest BCUT2D eigenvalue weighted by Gasteiger charge is 2.21. The van der Waals surface area contributed by atoms with Gasteiger partial charge in [-0.25, -0.2) is 4.98 Å². The Labute approximate surface area is 157 Å². The number of piperazine rings is 1. The van der Waals surface area contributed by atoms with Gasteiger partial charge in [-0.2, -0.15) is 0 Å². The number of unbranched alkanes of at least 4 members (excludes halogenated alkanes) is 1. The zero-order valence-corrected chi connectivity index (χ0v) is 16.3. The monoisotopic (exact) mass is 360 g/mol. The number of hydrogen-bond donors (Lipinski definition) is 1. The Kier molecular flexibility index (Phi) is 7.88. The van der Waals surface area contributed by atoms with Crippen LogP contribution in [0, 0.1) is 0 Å². The number of nitrogens with one attached hydrogen (secondary N) is 1. The van der Waals surface area contributed by atoms with Crippen LogP contribution in [-0.4, -0.2) is 53.9 Å². The molecule has 1 fully saturated rings. The molecule has 1 aliphatic rings. The molecule has 2 amide bonds. The average molecular weight is 361 g/mol. The van der Waals surface area contributed by atoms with Gasteiger partial charge in [0.05, 0.1) is 5.56 Å². The number of rotatable bonds is 8. The predicted molar refractivity (Wildman–Crippen MR) is 104 cm³/mol. The van der Waals surface area contributed by atoms with Gasteiger partial charge in [0.25, 0.3) is 5.91 Å². The van der Waals surface area contributed by atoms with Gasteiger partial charge in [-0.05, 0) is 31.9 Å². The number of hydrogen-bond acceptors (Lipinski definition) is 4. The van der Waals surface area contributed by atoms with E-state index in [4.69, 9.17) is 0 Å². The summed E-state index contributed by atoms with van der Waals surface area (Å²) in [4.78, 5) is 32.9. The highest BCUT2D eigenvalue weighted by atomic mass is 16.2. The van der Waals surface area contributed by atoms with Gasteiger partial charge in [0.1, 0.15) is 5.82 Å². The van der Waals surface area contributed by atoms with Crippen LogP contribution in [0.1, 0.15) is 63.2 Å². The zero-order valence-electron chi connectivity index (χ0n) is 16.3. The van der Waals surface area contributed by atoms with E-state index in [1.807, 2.05) is 24.0 Å². The topological polar surface area (TPSA) is 65.5 Å². The van der Waals surface area contributed by atoms with Gasteiger partial charge in [-0.1, -0.05) is 26.7 Å². The van der Waals surface area contributed by atoms with Crippen LogP contribution in [0.2, 0.25) is 0 Å². The summed E-state index contributed by atoms with van der Waals surface area (Å²) in [5, 5.41) is 2.99. The normalized spacial score (nSPS) is 15.7. The molecule has 2 heterocycles. The van der Waals surface area contributed by atoms with Crippen LogP contribution in [-0.2, 0) is 4.79 Å². The molecule has 1 saturated heterocycles. The van der Waals surface area contributed by atoms with E-state index in [1.165, 1.54) is 0 Å². The molecule has 0 aliphatic carbocycles. The first-order chi connectivity index (χ1) is 12.5. The molecule has 0 spiro atoms. The number of aromatic nitrogens is 1. The quantitative estimate of drug-likeness (QED) is 0.774. The van der Waals surface area contributed by atoms with E-state index < -0.39 is 0 Å². The number of pyridine rings is 1. The van der Waals surface area contributed by atoms with Gasteiger partial charge in [-0.15, -0.1) is 0 Å². The van der Waals surface area contributed by atoms with E-state index in [9.17, 15) is 9.59 Å². The third kappa shape index (κ3) is 5.71. The van der Waals surface area contributed by atoms with Gasteiger partial charge in [0.15, 0.2) is 0 Å². The summed E-state index contributed by atoms with van der Waals surface area (Å²) >= 11 is 0. The number of carbonyl (C=O) groups is 2. The van der Waals surface area contributed by atoms with E-state index in [1.54, 1.807) is 6.20 Å². The highest BCUT2D eigenvalue weighted by Crippen LogP contribution is 2.15. The minimum absolute atomic E-state index is 0.0728. The Morgan fingerprint density at radius 1 is 1.15 bits per heavy atom. The van der Waals surface area contributed by atoms with Crippen molar-refractivity contribution in [1.82, 2.24) is 15.2 Å². The summed E-state index contributed by atoms with van der Waals surface area (Å²) in [5.74, 6) is 1.05. The molecule has 2 rings (SSSR count). The van der Waals surface area contributed by atoms with E-state index >= 15 is 0 Å². The standard InChI is InChI=1S/C20H32N4O2/c1-4-6-8-19(25)24-13-11-23(12-14-24)18-10-9-17(15-21-18)20(26)22-16(3)7-5-2/h9-10,15-16H,4-8,11-14H2,1-3H3,(H,22,26). The first-order valence-electron chi connectivity index (χ1n) is 9.84. The Balaban J connectivity index is 1.85. The zero-order chi connectivity index (χ0) is 18.9. The summed E-state index contributed by atoms with van der Waals surface area (Å²) in [5.41, 5.74) is 0.588. The summed E-state index contributed by atoms with van der Waals surface area (Å²) in [7, 11) is 0. The molecule has 1 aliphatic heterocycles. The average Bonchev–Trinajstić information content (AvgIpc) is 2.66. The molecule has 0 aromatic carbocycles. The second kappa shape index (κ2) is 10.1. The van der Waals surface area contributed by atoms with E-state index in [-0.39, 0.29) is 17.9 Å². The van der Waals surface area contributed by atoms with Crippen molar-refractivity contribution in [1.29, 1.82) is 0 Å². The number of anilines is 1. The van der Waals surface area contributed by atoms with Gasteiger partial charge >= 0.3 is 0 Å². The fourth-order valence-corrected chi connectivity index (χ4v) is 3.19. The molecule has 0 radical (unpaired) electrons. The minimum Gasteiger partial charge on any atom is -0.353 e. The lowest BCUT2D eigenvalue weighted by Crippen LogP contribution is -2.49. The Morgan fingerprint density at radius 3 is 2.46 bits per heavy atom. The Bertz CT molecular complexity index is 580. The van der Waals surface area contributed by atoms with Crippen molar-refractivity contribution in [2.45, 2.75) is 58.9 Å². The predicted octanol–water partition coefficient (Wildman–Crippen LogP) is 2.84. The van der Waals surface area contributed by atoms with E-state index in [0.29, 0.717) is 12.0 Å². The lowest BCUT2D eigenvalue weighted by atomic mass is 10.1. The first kappa shape index (κ1) is 20.2. The maximum Gasteiger partial charge on any atom is 0.253 e. The number of carbonyl (C=O) groups excluding carboxylic acids is 2. The van der Waals surface area contributed by atoms with Crippen LogP contribution in [0.4, 0.5) is 5.82 Å². The van der Waals surface area contributed by atoms with E-state index in [2.05, 4.69) is 29.0 Å². The Hall–Kier alpha value is -2.11. The fraction of sp³-hybridized carbons (Fsp3) is 0.650. The van der Waals surface area contributed by atoms with Crippen LogP contribution in [0.15, 0.2) is 18.3 Å². The number of amides is 2. The molecule has 6 nitrogen and oxygen atoms in total. The van der Waals surface area contributed by atoms with Crippen LogP contribution >= 0.6 is 0 Å². The summed E-state index contributed by atoms with van der Waals surface area (Å²) in [6, 6.07) is 3.90. The van der Waals surface area contributed by atoms with Crippen LogP contribution in [0.25, 0.3) is 0 Å². The van der Waals surface area contributed by atoms with Crippen molar-refractivity contribution in [3.63, 3.8) is 0 Å². The lowest BCUT2D eigenvalue weighted by Gasteiger charge is -2.35. The van der Waals surface area contributed by atoms with E-state index in [0.717, 1.165) is 57.7 Å². The molecule has 0 bridgehead atoms. The fourth-order valence-electron chi connectivity index (χ4n) is 3.19. The van der Waals surface area contributed by atoms with Gasteiger partial charge in [0.2, 0.25) is 5.91 Å². The highest BCUT2D eigenvalue weighted by molar-refractivity contribution is 5.94. The number of nitrogens with zero attached hydrogens (tertiary/aromatic N) is 3. The van der Waals surface area contributed by atoms with Crippen LogP contribution in [0.5, 0.6) is 0 Å². The second-order valence-corrected chi connectivity index (χ2v) is 7.04. The molecule has 26 heavy (non-hydrogen) atoms. The summed E-state index contributed by atoms with van der Waals surface area (Å²) in [6.45, 7) is 9.27. The molecule has 0 saturated carbocycles. The summed E-state index contributed by atoms with van der Waals surface area (Å²) in [6.07, 6.45) is 6.31. The molecular weight excluding hydrogens is 328 g/mol. The summed E-state index contributed by atoms with van der Waals surface area (Å²) < 4.78 is 0. The SMILES string of the molecule is CCCCC(=O)N1CCN(c2ccc(C(=O)NC(C)CCC)cn2)CC1. The maximum absolute atomic E-state index is 12.2. The first-order valence-corrected chi connectivity index (χ1v) is 9.84.